The van der Waals surface area contributed by atoms with Gasteiger partial charge >= 0.3 is 6.18 Å². The van der Waals surface area contributed by atoms with Crippen molar-refractivity contribution in [2.45, 2.75) is 57.0 Å². The number of nitrogens with zero attached hydrogens (tertiary/aromatic N) is 2. The lowest BCUT2D eigenvalue weighted by atomic mass is 10.0. The number of aryl methyl sites for hydroxylation is 1. The highest BCUT2D eigenvalue weighted by molar-refractivity contribution is 6.09. The first-order chi connectivity index (χ1) is 19.0. The number of aromatic amines is 1. The van der Waals surface area contributed by atoms with Crippen LogP contribution in [0.1, 0.15) is 47.3 Å². The number of rotatable bonds is 9. The van der Waals surface area contributed by atoms with Crippen molar-refractivity contribution in [1.29, 1.82) is 0 Å². The maximum atomic E-state index is 14.8. The first-order valence-corrected chi connectivity index (χ1v) is 13.0. The minimum Gasteiger partial charge on any atom is -0.493 e. The van der Waals surface area contributed by atoms with E-state index in [1.54, 1.807) is 6.92 Å². The summed E-state index contributed by atoms with van der Waals surface area (Å²) in [6.07, 6.45) is -2.57. The van der Waals surface area contributed by atoms with Gasteiger partial charge in [-0.05, 0) is 50.3 Å². The monoisotopic (exact) mass is 563 g/mol. The number of ether oxygens (including phenoxy) is 2. The molecule has 2 aliphatic rings. The van der Waals surface area contributed by atoms with E-state index in [4.69, 9.17) is 9.47 Å². The fourth-order valence-electron chi connectivity index (χ4n) is 5.01. The van der Waals surface area contributed by atoms with Gasteiger partial charge in [-0.15, -0.1) is 0 Å². The SMILES string of the molecule is COCC(=O)N[C@@H]1C[C@@H](F)[C@H](NC(=O)c2c(C)[nH]c3c(-c4cc(C(F)(F)F)ccc4OCC4CC4)ncnc23)C1. The van der Waals surface area contributed by atoms with Gasteiger partial charge in [-0.2, -0.15) is 13.2 Å². The molecule has 0 spiro atoms. The molecular weight excluding hydrogens is 534 g/mol. The van der Waals surface area contributed by atoms with Crippen LogP contribution in [0, 0.1) is 12.8 Å². The van der Waals surface area contributed by atoms with E-state index < -0.39 is 35.9 Å². The van der Waals surface area contributed by atoms with E-state index >= 15 is 0 Å². The van der Waals surface area contributed by atoms with Gasteiger partial charge in [-0.25, -0.2) is 14.4 Å². The Morgan fingerprint density at radius 1 is 1.15 bits per heavy atom. The van der Waals surface area contributed by atoms with Gasteiger partial charge in [0.15, 0.2) is 0 Å². The Morgan fingerprint density at radius 3 is 2.62 bits per heavy atom. The van der Waals surface area contributed by atoms with E-state index in [2.05, 4.69) is 25.6 Å². The minimum absolute atomic E-state index is 0.0404. The molecule has 2 fully saturated rings. The van der Waals surface area contributed by atoms with Crippen LogP contribution >= 0.6 is 0 Å². The van der Waals surface area contributed by atoms with Gasteiger partial charge in [0.1, 0.15) is 36.1 Å². The summed E-state index contributed by atoms with van der Waals surface area (Å²) in [5.74, 6) is -0.366. The molecule has 0 bridgehead atoms. The van der Waals surface area contributed by atoms with Crippen molar-refractivity contribution in [3.8, 4) is 17.0 Å². The van der Waals surface area contributed by atoms with Crippen LogP contribution in [-0.2, 0) is 15.7 Å². The lowest BCUT2D eigenvalue weighted by Gasteiger charge is -2.16. The highest BCUT2D eigenvalue weighted by Crippen LogP contribution is 2.40. The number of aromatic nitrogens is 3. The fraction of sp³-hybridized carbons (Fsp3) is 0.481. The summed E-state index contributed by atoms with van der Waals surface area (Å²) < 4.78 is 66.2. The molecule has 0 aliphatic heterocycles. The molecule has 2 amide bonds. The second kappa shape index (κ2) is 11.0. The van der Waals surface area contributed by atoms with E-state index in [0.29, 0.717) is 18.2 Å². The van der Waals surface area contributed by atoms with E-state index in [0.717, 1.165) is 25.0 Å². The molecule has 2 aromatic heterocycles. The second-order valence-corrected chi connectivity index (χ2v) is 10.3. The number of fused-ring (bicyclic) bond motifs is 1. The zero-order valence-electron chi connectivity index (χ0n) is 21.9. The van der Waals surface area contributed by atoms with Crippen molar-refractivity contribution < 1.29 is 36.6 Å². The van der Waals surface area contributed by atoms with Gasteiger partial charge in [0.25, 0.3) is 5.91 Å². The zero-order chi connectivity index (χ0) is 28.6. The Hall–Kier alpha value is -3.74. The van der Waals surface area contributed by atoms with Gasteiger partial charge in [-0.1, -0.05) is 0 Å². The largest absolute Gasteiger partial charge is 0.493 e. The number of H-pyrrole nitrogens is 1. The molecular formula is C27H29F4N5O4. The van der Waals surface area contributed by atoms with E-state index in [1.807, 2.05) is 0 Å². The number of carbonyl (C=O) groups excluding carboxylic acids is 2. The molecule has 3 aromatic rings. The highest BCUT2D eigenvalue weighted by atomic mass is 19.4. The summed E-state index contributed by atoms with van der Waals surface area (Å²) in [6.45, 7) is 1.84. The number of methoxy groups -OCH3 is 1. The highest BCUT2D eigenvalue weighted by Gasteiger charge is 2.37. The summed E-state index contributed by atoms with van der Waals surface area (Å²) in [6, 6.07) is 1.90. The molecule has 0 saturated heterocycles. The van der Waals surface area contributed by atoms with Crippen LogP contribution in [-0.4, -0.2) is 65.3 Å². The molecule has 40 heavy (non-hydrogen) atoms. The number of nitrogens with one attached hydrogen (secondary N) is 3. The number of amides is 2. The fourth-order valence-corrected chi connectivity index (χ4v) is 5.01. The smallest absolute Gasteiger partial charge is 0.416 e. The molecule has 2 aliphatic carbocycles. The number of hydrogen-bond acceptors (Lipinski definition) is 6. The third-order valence-corrected chi connectivity index (χ3v) is 7.17. The van der Waals surface area contributed by atoms with E-state index in [1.165, 1.54) is 19.5 Å². The first-order valence-electron chi connectivity index (χ1n) is 13.0. The predicted octanol–water partition coefficient (Wildman–Crippen LogP) is 4.10. The quantitative estimate of drug-likeness (QED) is 0.338. The molecule has 5 rings (SSSR count). The van der Waals surface area contributed by atoms with Crippen LogP contribution in [0.3, 0.4) is 0 Å². The summed E-state index contributed by atoms with van der Waals surface area (Å²) >= 11 is 0. The third-order valence-electron chi connectivity index (χ3n) is 7.17. The average molecular weight is 564 g/mol. The maximum absolute atomic E-state index is 14.8. The van der Waals surface area contributed by atoms with Crippen molar-refractivity contribution in [2.75, 3.05) is 20.3 Å². The molecule has 3 atom stereocenters. The Bertz CT molecular complexity index is 1420. The van der Waals surface area contributed by atoms with Gasteiger partial charge < -0.3 is 25.1 Å². The third kappa shape index (κ3) is 5.88. The molecule has 214 valence electrons. The van der Waals surface area contributed by atoms with Crippen molar-refractivity contribution in [1.82, 2.24) is 25.6 Å². The molecule has 13 heteroatoms. The average Bonchev–Trinajstić information content (AvgIpc) is 3.57. The molecule has 0 radical (unpaired) electrons. The lowest BCUT2D eigenvalue weighted by Crippen LogP contribution is -2.40. The standard InChI is InChI=1S/C27H29F4N5O4/c1-13-22(26(38)36-19-9-16(8-18(19)28)35-21(37)11-39-2)24-25(34-13)23(32-12-33-24)17-7-15(27(29,30)31)5-6-20(17)40-10-14-3-4-14/h5-7,12,14,16,18-19,34H,3-4,8-11H2,1-2H3,(H,35,37)(H,36,38)/t16-,18-,19-/m1/s1. The van der Waals surface area contributed by atoms with E-state index in [-0.39, 0.29) is 59.0 Å². The van der Waals surface area contributed by atoms with Crippen molar-refractivity contribution in [2.24, 2.45) is 5.92 Å². The van der Waals surface area contributed by atoms with Crippen LogP contribution in [0.5, 0.6) is 5.75 Å². The summed E-state index contributed by atoms with van der Waals surface area (Å²) in [4.78, 5) is 36.6. The van der Waals surface area contributed by atoms with Crippen LogP contribution in [0.2, 0.25) is 0 Å². The van der Waals surface area contributed by atoms with Gasteiger partial charge in [0.05, 0.1) is 29.3 Å². The van der Waals surface area contributed by atoms with Crippen molar-refractivity contribution in [3.63, 3.8) is 0 Å². The normalized spacial score (nSPS) is 21.0. The Morgan fingerprint density at radius 2 is 1.93 bits per heavy atom. The van der Waals surface area contributed by atoms with Gasteiger partial charge in [-0.3, -0.25) is 9.59 Å². The zero-order valence-corrected chi connectivity index (χ0v) is 21.9. The van der Waals surface area contributed by atoms with Crippen LogP contribution in [0.15, 0.2) is 24.5 Å². The Labute approximate surface area is 227 Å². The molecule has 2 saturated carbocycles. The minimum atomic E-state index is -4.59. The summed E-state index contributed by atoms with van der Waals surface area (Å²) in [5.41, 5.74) is 0.360. The molecule has 0 unspecified atom stereocenters. The van der Waals surface area contributed by atoms with Gasteiger partial charge in [0.2, 0.25) is 5.91 Å². The number of hydrogen-bond donors (Lipinski definition) is 3. The molecule has 9 nitrogen and oxygen atoms in total. The second-order valence-electron chi connectivity index (χ2n) is 10.3. The van der Waals surface area contributed by atoms with Crippen LogP contribution in [0.4, 0.5) is 17.6 Å². The first kappa shape index (κ1) is 27.8. The Kier molecular flexibility index (Phi) is 7.67. The summed E-state index contributed by atoms with van der Waals surface area (Å²) in [7, 11) is 1.38. The molecule has 2 heterocycles. The molecule has 1 aromatic carbocycles. The Balaban J connectivity index is 1.44. The van der Waals surface area contributed by atoms with E-state index in [9.17, 15) is 27.2 Å². The van der Waals surface area contributed by atoms with Crippen LogP contribution < -0.4 is 15.4 Å². The van der Waals surface area contributed by atoms with Crippen molar-refractivity contribution in [3.05, 3.63) is 41.3 Å². The van der Waals surface area contributed by atoms with Crippen LogP contribution in [0.25, 0.3) is 22.3 Å². The lowest BCUT2D eigenvalue weighted by molar-refractivity contribution is -0.137. The summed E-state index contributed by atoms with van der Waals surface area (Å²) in [5, 5.41) is 5.37. The number of benzene rings is 1. The number of halogens is 4. The predicted molar refractivity (Wildman–Crippen MR) is 136 cm³/mol. The number of alkyl halides is 4. The topological polar surface area (TPSA) is 118 Å². The number of carbonyl (C=O) groups is 2. The van der Waals surface area contributed by atoms with Crippen molar-refractivity contribution >= 4 is 22.8 Å². The maximum Gasteiger partial charge on any atom is 0.416 e. The molecule has 3 N–H and O–H groups in total. The van der Waals surface area contributed by atoms with Gasteiger partial charge in [0, 0.05) is 30.8 Å².